The number of hydrogen-bond acceptors (Lipinski definition) is 3. The Labute approximate surface area is 116 Å². The molecule has 0 bridgehead atoms. The number of carbonyl (C=O) groups excluding carboxylic acids is 1. The van der Waals surface area contributed by atoms with Gasteiger partial charge in [0.1, 0.15) is 11.6 Å². The molecule has 1 rings (SSSR count). The number of carbonyl (C=O) groups is 2. The molecule has 0 aliphatic carbocycles. The summed E-state index contributed by atoms with van der Waals surface area (Å²) in [6.07, 6.45) is 0.396. The first-order valence-corrected chi connectivity index (χ1v) is 6.26. The van der Waals surface area contributed by atoms with Crippen molar-refractivity contribution >= 4 is 11.9 Å². The maximum Gasteiger partial charge on any atom is 0.311 e. The van der Waals surface area contributed by atoms with Gasteiger partial charge in [-0.25, -0.2) is 4.39 Å². The van der Waals surface area contributed by atoms with Gasteiger partial charge in [-0.3, -0.25) is 9.59 Å². The molecule has 0 heterocycles. The molecule has 0 radical (unpaired) electrons. The highest BCUT2D eigenvalue weighted by Gasteiger charge is 2.31. The first-order chi connectivity index (χ1) is 9.37. The lowest BCUT2D eigenvalue weighted by molar-refractivity contribution is -0.148. The molecule has 0 spiro atoms. The minimum Gasteiger partial charge on any atom is -0.484 e. The molecule has 0 fully saturated rings. The van der Waals surface area contributed by atoms with Crippen molar-refractivity contribution in [2.75, 3.05) is 13.2 Å². The second-order valence-electron chi connectivity index (χ2n) is 4.74. The van der Waals surface area contributed by atoms with Gasteiger partial charge >= 0.3 is 5.97 Å². The number of carboxylic acids is 1. The van der Waals surface area contributed by atoms with E-state index in [1.54, 1.807) is 13.8 Å². The SMILES string of the molecule is CCC(C)(CNC(=O)COc1cccc(F)c1)C(=O)O. The van der Waals surface area contributed by atoms with Crippen LogP contribution in [-0.4, -0.2) is 30.1 Å². The van der Waals surface area contributed by atoms with Crippen molar-refractivity contribution in [2.24, 2.45) is 5.41 Å². The van der Waals surface area contributed by atoms with Crippen LogP contribution in [0.1, 0.15) is 20.3 Å². The van der Waals surface area contributed by atoms with Gasteiger partial charge in [0.2, 0.25) is 0 Å². The van der Waals surface area contributed by atoms with Crippen LogP contribution in [0, 0.1) is 11.2 Å². The van der Waals surface area contributed by atoms with E-state index >= 15 is 0 Å². The lowest BCUT2D eigenvalue weighted by Gasteiger charge is -2.23. The number of nitrogens with one attached hydrogen (secondary N) is 1. The number of halogens is 1. The van der Waals surface area contributed by atoms with Gasteiger partial charge in [-0.15, -0.1) is 0 Å². The summed E-state index contributed by atoms with van der Waals surface area (Å²) in [5.41, 5.74) is -1.01. The third-order valence-corrected chi connectivity index (χ3v) is 3.14. The zero-order chi connectivity index (χ0) is 15.2. The number of benzene rings is 1. The quantitative estimate of drug-likeness (QED) is 0.800. The van der Waals surface area contributed by atoms with Gasteiger partial charge < -0.3 is 15.2 Å². The van der Waals surface area contributed by atoms with Crippen molar-refractivity contribution in [3.63, 3.8) is 0 Å². The molecule has 0 saturated carbocycles. The molecule has 1 aromatic rings. The number of carboxylic acid groups (broad SMARTS) is 1. The molecular weight excluding hydrogens is 265 g/mol. The Morgan fingerprint density at radius 2 is 2.15 bits per heavy atom. The van der Waals surface area contributed by atoms with Crippen LogP contribution in [0.5, 0.6) is 5.75 Å². The van der Waals surface area contributed by atoms with Crippen molar-refractivity contribution < 1.29 is 23.8 Å². The monoisotopic (exact) mass is 283 g/mol. The number of amides is 1. The molecule has 0 aliphatic heterocycles. The normalized spacial score (nSPS) is 13.3. The molecule has 0 aliphatic rings. The van der Waals surface area contributed by atoms with Crippen molar-refractivity contribution in [1.82, 2.24) is 5.32 Å². The average molecular weight is 283 g/mol. The molecule has 110 valence electrons. The third kappa shape index (κ3) is 4.53. The Balaban J connectivity index is 2.43. The second kappa shape index (κ2) is 6.88. The molecule has 1 atom stereocenters. The summed E-state index contributed by atoms with van der Waals surface area (Å²) in [6, 6.07) is 5.44. The van der Waals surface area contributed by atoms with E-state index in [4.69, 9.17) is 9.84 Å². The molecular formula is C14H18FNO4. The summed E-state index contributed by atoms with van der Waals surface area (Å²) in [5.74, 6) is -1.62. The fourth-order valence-corrected chi connectivity index (χ4v) is 1.40. The molecule has 0 saturated heterocycles. The zero-order valence-corrected chi connectivity index (χ0v) is 11.5. The predicted octanol–water partition coefficient (Wildman–Crippen LogP) is 1.82. The highest BCUT2D eigenvalue weighted by atomic mass is 19.1. The third-order valence-electron chi connectivity index (χ3n) is 3.14. The molecule has 5 nitrogen and oxygen atoms in total. The van der Waals surface area contributed by atoms with Crippen LogP contribution in [0.2, 0.25) is 0 Å². The van der Waals surface area contributed by atoms with Gasteiger partial charge in [-0.05, 0) is 25.5 Å². The molecule has 6 heteroatoms. The average Bonchev–Trinajstić information content (AvgIpc) is 2.42. The van der Waals surface area contributed by atoms with Gasteiger partial charge in [-0.1, -0.05) is 13.0 Å². The molecule has 1 amide bonds. The molecule has 1 unspecified atom stereocenters. The fraction of sp³-hybridized carbons (Fsp3) is 0.429. The predicted molar refractivity (Wildman–Crippen MR) is 70.9 cm³/mol. The number of hydrogen-bond donors (Lipinski definition) is 2. The van der Waals surface area contributed by atoms with E-state index in [0.29, 0.717) is 6.42 Å². The summed E-state index contributed by atoms with van der Waals surface area (Å²) in [5, 5.41) is 11.6. The van der Waals surface area contributed by atoms with E-state index in [2.05, 4.69) is 5.32 Å². The van der Waals surface area contributed by atoms with Crippen molar-refractivity contribution in [2.45, 2.75) is 20.3 Å². The second-order valence-corrected chi connectivity index (χ2v) is 4.74. The summed E-state index contributed by atoms with van der Waals surface area (Å²) < 4.78 is 18.0. The molecule has 20 heavy (non-hydrogen) atoms. The summed E-state index contributed by atoms with van der Waals surface area (Å²) >= 11 is 0. The Kier molecular flexibility index (Phi) is 5.49. The summed E-state index contributed by atoms with van der Waals surface area (Å²) in [4.78, 5) is 22.6. The Hall–Kier alpha value is -2.11. The standard InChI is InChI=1S/C14H18FNO4/c1-3-14(2,13(18)19)9-16-12(17)8-20-11-6-4-5-10(15)7-11/h4-7H,3,8-9H2,1-2H3,(H,16,17)(H,18,19). The van der Waals surface area contributed by atoms with Crippen LogP contribution >= 0.6 is 0 Å². The van der Waals surface area contributed by atoms with Crippen LogP contribution in [0.4, 0.5) is 4.39 Å². The lowest BCUT2D eigenvalue weighted by atomic mass is 9.88. The summed E-state index contributed by atoms with van der Waals surface area (Å²) in [6.45, 7) is 3.03. The van der Waals surface area contributed by atoms with E-state index < -0.39 is 23.1 Å². The maximum atomic E-state index is 12.9. The first kappa shape index (κ1) is 15.9. The number of aliphatic carboxylic acids is 1. The molecule has 2 N–H and O–H groups in total. The lowest BCUT2D eigenvalue weighted by Crippen LogP contribution is -2.42. The van der Waals surface area contributed by atoms with Gasteiger partial charge in [0.25, 0.3) is 5.91 Å². The highest BCUT2D eigenvalue weighted by molar-refractivity contribution is 5.79. The minimum absolute atomic E-state index is 0.0180. The van der Waals surface area contributed by atoms with Crippen LogP contribution in [0.3, 0.4) is 0 Å². The van der Waals surface area contributed by atoms with E-state index in [1.807, 2.05) is 0 Å². The van der Waals surface area contributed by atoms with Crippen molar-refractivity contribution in [3.05, 3.63) is 30.1 Å². The van der Waals surface area contributed by atoms with E-state index in [-0.39, 0.29) is 18.9 Å². The van der Waals surface area contributed by atoms with E-state index in [9.17, 15) is 14.0 Å². The number of ether oxygens (including phenoxy) is 1. The molecule has 1 aromatic carbocycles. The number of rotatable bonds is 7. The van der Waals surface area contributed by atoms with E-state index in [1.165, 1.54) is 24.3 Å². The fourth-order valence-electron chi connectivity index (χ4n) is 1.40. The zero-order valence-electron chi connectivity index (χ0n) is 11.5. The van der Waals surface area contributed by atoms with Crippen LogP contribution in [-0.2, 0) is 9.59 Å². The Morgan fingerprint density at radius 1 is 1.45 bits per heavy atom. The van der Waals surface area contributed by atoms with Gasteiger partial charge in [0, 0.05) is 12.6 Å². The maximum absolute atomic E-state index is 12.9. The Morgan fingerprint density at radius 3 is 2.70 bits per heavy atom. The van der Waals surface area contributed by atoms with Crippen LogP contribution < -0.4 is 10.1 Å². The van der Waals surface area contributed by atoms with Gasteiger partial charge in [0.15, 0.2) is 6.61 Å². The van der Waals surface area contributed by atoms with Crippen LogP contribution in [0.15, 0.2) is 24.3 Å². The topological polar surface area (TPSA) is 75.6 Å². The first-order valence-electron chi connectivity index (χ1n) is 6.26. The van der Waals surface area contributed by atoms with E-state index in [0.717, 1.165) is 0 Å². The van der Waals surface area contributed by atoms with Gasteiger partial charge in [-0.2, -0.15) is 0 Å². The van der Waals surface area contributed by atoms with Gasteiger partial charge in [0.05, 0.1) is 5.41 Å². The Bertz CT molecular complexity index is 492. The van der Waals surface area contributed by atoms with Crippen LogP contribution in [0.25, 0.3) is 0 Å². The molecule has 0 aromatic heterocycles. The largest absolute Gasteiger partial charge is 0.484 e. The van der Waals surface area contributed by atoms with Crippen molar-refractivity contribution in [3.8, 4) is 5.75 Å². The summed E-state index contributed by atoms with van der Waals surface area (Å²) in [7, 11) is 0. The minimum atomic E-state index is -1.01. The van der Waals surface area contributed by atoms with Crippen molar-refractivity contribution in [1.29, 1.82) is 0 Å². The smallest absolute Gasteiger partial charge is 0.311 e. The highest BCUT2D eigenvalue weighted by Crippen LogP contribution is 2.19.